The number of amides is 1. The van der Waals surface area contributed by atoms with Crippen molar-refractivity contribution in [2.45, 2.75) is 4.90 Å². The standard InChI is InChI=1S/C14H11ClN2O5S/c15-10-3-1-2-4-13(10)23(19,20)17-16-14(18)9-5-6-11-12(7-9)22-8-21-11/h1-7,17H,8H2,(H,16,18). The molecule has 0 radical (unpaired) electrons. The van der Waals surface area contributed by atoms with Gasteiger partial charge in [0, 0.05) is 5.56 Å². The van der Waals surface area contributed by atoms with Crippen LogP contribution in [-0.4, -0.2) is 21.1 Å². The van der Waals surface area contributed by atoms with Crippen molar-refractivity contribution in [1.82, 2.24) is 10.3 Å². The number of carbonyl (C=O) groups is 1. The van der Waals surface area contributed by atoms with Crippen LogP contribution < -0.4 is 19.7 Å². The molecule has 0 atom stereocenters. The van der Waals surface area contributed by atoms with Crippen molar-refractivity contribution < 1.29 is 22.7 Å². The zero-order valence-corrected chi connectivity index (χ0v) is 13.1. The fourth-order valence-electron chi connectivity index (χ4n) is 1.94. The van der Waals surface area contributed by atoms with Crippen LogP contribution in [0.1, 0.15) is 10.4 Å². The van der Waals surface area contributed by atoms with Crippen LogP contribution in [0.4, 0.5) is 0 Å². The first-order valence-electron chi connectivity index (χ1n) is 6.44. The van der Waals surface area contributed by atoms with Crippen molar-refractivity contribution >= 4 is 27.5 Å². The zero-order chi connectivity index (χ0) is 16.4. The average Bonchev–Trinajstić information content (AvgIpc) is 3.00. The van der Waals surface area contributed by atoms with Gasteiger partial charge in [0.1, 0.15) is 4.90 Å². The molecule has 0 bridgehead atoms. The van der Waals surface area contributed by atoms with E-state index in [1.54, 1.807) is 12.1 Å². The van der Waals surface area contributed by atoms with Gasteiger partial charge in [-0.3, -0.25) is 10.2 Å². The minimum atomic E-state index is -3.98. The Bertz CT molecular complexity index is 869. The van der Waals surface area contributed by atoms with Crippen molar-refractivity contribution in [3.63, 3.8) is 0 Å². The fraction of sp³-hybridized carbons (Fsp3) is 0.0714. The van der Waals surface area contributed by atoms with Gasteiger partial charge in [-0.2, -0.15) is 0 Å². The van der Waals surface area contributed by atoms with Crippen LogP contribution in [0.5, 0.6) is 11.5 Å². The maximum Gasteiger partial charge on any atom is 0.266 e. The number of carbonyl (C=O) groups excluding carboxylic acids is 1. The summed E-state index contributed by atoms with van der Waals surface area (Å²) in [4.78, 5) is 13.9. The lowest BCUT2D eigenvalue weighted by atomic mass is 10.2. The number of fused-ring (bicyclic) bond motifs is 1. The van der Waals surface area contributed by atoms with Crippen LogP contribution in [0.25, 0.3) is 0 Å². The number of hydrogen-bond donors (Lipinski definition) is 2. The van der Waals surface area contributed by atoms with Crippen molar-refractivity contribution in [3.05, 3.63) is 53.1 Å². The molecule has 2 N–H and O–H groups in total. The van der Waals surface area contributed by atoms with E-state index in [4.69, 9.17) is 21.1 Å². The third-order valence-electron chi connectivity index (χ3n) is 3.06. The van der Waals surface area contributed by atoms with Crippen LogP contribution in [0.2, 0.25) is 5.02 Å². The molecule has 0 spiro atoms. The summed E-state index contributed by atoms with van der Waals surface area (Å²) in [6.45, 7) is 0.0829. The molecule has 0 saturated carbocycles. The van der Waals surface area contributed by atoms with Crippen molar-refractivity contribution in [2.24, 2.45) is 0 Å². The molecule has 2 aromatic rings. The summed E-state index contributed by atoms with van der Waals surface area (Å²) in [5.41, 5.74) is 2.34. The van der Waals surface area contributed by atoms with Gasteiger partial charge in [0.15, 0.2) is 11.5 Å². The second-order valence-electron chi connectivity index (χ2n) is 4.56. The van der Waals surface area contributed by atoms with Gasteiger partial charge in [-0.1, -0.05) is 23.7 Å². The number of halogens is 1. The van der Waals surface area contributed by atoms with Gasteiger partial charge in [-0.15, -0.1) is 4.83 Å². The van der Waals surface area contributed by atoms with E-state index in [0.717, 1.165) is 0 Å². The second kappa shape index (κ2) is 6.07. The highest BCUT2D eigenvalue weighted by Crippen LogP contribution is 2.32. The first kappa shape index (κ1) is 15.6. The van der Waals surface area contributed by atoms with Gasteiger partial charge in [0.05, 0.1) is 5.02 Å². The summed E-state index contributed by atoms with van der Waals surface area (Å²) in [5.74, 6) is 0.309. The molecule has 7 nitrogen and oxygen atoms in total. The number of nitrogens with one attached hydrogen (secondary N) is 2. The summed E-state index contributed by atoms with van der Waals surface area (Å²) < 4.78 is 34.5. The van der Waals surface area contributed by atoms with Crippen molar-refractivity contribution in [1.29, 1.82) is 0 Å². The maximum atomic E-state index is 12.1. The van der Waals surface area contributed by atoms with Crippen LogP contribution in [0.3, 0.4) is 0 Å². The monoisotopic (exact) mass is 354 g/mol. The second-order valence-corrected chi connectivity index (χ2v) is 6.62. The highest BCUT2D eigenvalue weighted by Gasteiger charge is 2.20. The van der Waals surface area contributed by atoms with Gasteiger partial charge in [-0.05, 0) is 30.3 Å². The molecule has 0 aliphatic carbocycles. The number of rotatable bonds is 4. The quantitative estimate of drug-likeness (QED) is 0.815. The largest absolute Gasteiger partial charge is 0.454 e. The molecule has 0 aromatic heterocycles. The number of sulfonamides is 1. The molecule has 1 aliphatic heterocycles. The van der Waals surface area contributed by atoms with Crippen LogP contribution in [0.15, 0.2) is 47.4 Å². The molecule has 9 heteroatoms. The van der Waals surface area contributed by atoms with Crippen LogP contribution in [-0.2, 0) is 10.0 Å². The lowest BCUT2D eigenvalue weighted by Crippen LogP contribution is -2.41. The molecule has 0 unspecified atom stereocenters. The minimum Gasteiger partial charge on any atom is -0.454 e. The number of hydrogen-bond acceptors (Lipinski definition) is 5. The topological polar surface area (TPSA) is 93.7 Å². The third kappa shape index (κ3) is 3.24. The molecular weight excluding hydrogens is 344 g/mol. The Balaban J connectivity index is 1.73. The zero-order valence-electron chi connectivity index (χ0n) is 11.6. The van der Waals surface area contributed by atoms with Gasteiger partial charge in [0.25, 0.3) is 15.9 Å². The van der Waals surface area contributed by atoms with Crippen LogP contribution in [0, 0.1) is 0 Å². The van der Waals surface area contributed by atoms with E-state index >= 15 is 0 Å². The predicted molar refractivity (Wildman–Crippen MR) is 81.8 cm³/mol. The van der Waals surface area contributed by atoms with Gasteiger partial charge in [-0.25, -0.2) is 8.42 Å². The lowest BCUT2D eigenvalue weighted by Gasteiger charge is -2.09. The fourth-order valence-corrected chi connectivity index (χ4v) is 3.30. The molecule has 2 aromatic carbocycles. The maximum absolute atomic E-state index is 12.1. The van der Waals surface area contributed by atoms with Crippen LogP contribution >= 0.6 is 11.6 Å². The summed E-state index contributed by atoms with van der Waals surface area (Å²) in [5, 5.41) is 0.0531. The summed E-state index contributed by atoms with van der Waals surface area (Å²) >= 11 is 5.84. The van der Waals surface area contributed by atoms with Gasteiger partial charge >= 0.3 is 0 Å². The Morgan fingerprint density at radius 2 is 1.83 bits per heavy atom. The Kier molecular flexibility index (Phi) is 4.12. The Morgan fingerprint density at radius 3 is 2.61 bits per heavy atom. The summed E-state index contributed by atoms with van der Waals surface area (Å²) in [7, 11) is -3.98. The van der Waals surface area contributed by atoms with E-state index in [-0.39, 0.29) is 22.3 Å². The molecular formula is C14H11ClN2O5S. The molecule has 1 heterocycles. The Morgan fingerprint density at radius 1 is 1.09 bits per heavy atom. The van der Waals surface area contributed by atoms with Crippen molar-refractivity contribution in [3.8, 4) is 11.5 Å². The molecule has 0 fully saturated rings. The number of benzene rings is 2. The summed E-state index contributed by atoms with van der Waals surface area (Å²) in [6.07, 6.45) is 0. The van der Waals surface area contributed by atoms with E-state index in [1.807, 2.05) is 4.83 Å². The molecule has 3 rings (SSSR count). The molecule has 23 heavy (non-hydrogen) atoms. The normalized spacial score (nSPS) is 12.9. The van der Waals surface area contributed by atoms with E-state index in [2.05, 4.69) is 5.43 Å². The molecule has 1 aliphatic rings. The highest BCUT2D eigenvalue weighted by atomic mass is 35.5. The third-order valence-corrected chi connectivity index (χ3v) is 4.81. The summed E-state index contributed by atoms with van der Waals surface area (Å²) in [6, 6.07) is 10.4. The first-order chi connectivity index (χ1) is 11.0. The predicted octanol–water partition coefficient (Wildman–Crippen LogP) is 1.69. The Hall–Kier alpha value is -2.29. The van der Waals surface area contributed by atoms with Gasteiger partial charge in [0.2, 0.25) is 6.79 Å². The minimum absolute atomic E-state index is 0.0531. The molecule has 0 saturated heterocycles. The first-order valence-corrected chi connectivity index (χ1v) is 8.30. The highest BCUT2D eigenvalue weighted by molar-refractivity contribution is 7.89. The SMILES string of the molecule is O=C(NNS(=O)(=O)c1ccccc1Cl)c1ccc2c(c1)OCO2. The van der Waals surface area contributed by atoms with Gasteiger partial charge < -0.3 is 9.47 Å². The number of ether oxygens (including phenoxy) is 2. The average molecular weight is 355 g/mol. The number of hydrazine groups is 1. The van der Waals surface area contributed by atoms with E-state index < -0.39 is 15.9 Å². The van der Waals surface area contributed by atoms with E-state index in [0.29, 0.717) is 11.5 Å². The smallest absolute Gasteiger partial charge is 0.266 e. The molecule has 120 valence electrons. The lowest BCUT2D eigenvalue weighted by molar-refractivity contribution is 0.0944. The van der Waals surface area contributed by atoms with E-state index in [1.165, 1.54) is 30.3 Å². The van der Waals surface area contributed by atoms with E-state index in [9.17, 15) is 13.2 Å². The Labute approximate surface area is 137 Å². The van der Waals surface area contributed by atoms with Crippen molar-refractivity contribution in [2.75, 3.05) is 6.79 Å². The molecule has 1 amide bonds.